The predicted octanol–water partition coefficient (Wildman–Crippen LogP) is 21.2. The van der Waals surface area contributed by atoms with Crippen molar-refractivity contribution in [3.05, 3.63) is 60.8 Å². The van der Waals surface area contributed by atoms with Crippen LogP contribution in [0, 0.1) is 0 Å². The van der Waals surface area contributed by atoms with Crippen LogP contribution < -0.4 is 0 Å². The molecule has 0 aromatic rings. The minimum Gasteiger partial charge on any atom is -0.462 e. The van der Waals surface area contributed by atoms with E-state index < -0.39 is 6.10 Å². The molecule has 6 nitrogen and oxygen atoms in total. The van der Waals surface area contributed by atoms with E-state index in [0.717, 1.165) is 103 Å². The SMILES string of the molecule is CCCC/C=C\C/C=C\CCCCCCCC(=O)OCC(COC(=O)CCCCCCCCCCCCCCC/C=C\CCCCCCCCCC)OC(=O)CCCCCCC/C=C\C/C=C\CCCCC. The third kappa shape index (κ3) is 58.0. The second-order valence-electron chi connectivity index (χ2n) is 21.0. The number of carbonyl (C=O) groups excluding carboxylic acids is 3. The average Bonchev–Trinajstić information content (AvgIpc) is 3.38. The van der Waals surface area contributed by atoms with E-state index in [-0.39, 0.29) is 31.1 Å². The molecule has 0 rings (SSSR count). The van der Waals surface area contributed by atoms with Crippen LogP contribution in [0.3, 0.4) is 0 Å². The lowest BCUT2D eigenvalue weighted by Gasteiger charge is -2.18. The zero-order valence-electron chi connectivity index (χ0n) is 47.9. The number of esters is 3. The highest BCUT2D eigenvalue weighted by Gasteiger charge is 2.19. The zero-order chi connectivity index (χ0) is 52.2. The summed E-state index contributed by atoms with van der Waals surface area (Å²) in [6.07, 6.45) is 76.5. The van der Waals surface area contributed by atoms with Crippen LogP contribution in [0.2, 0.25) is 0 Å². The first-order valence-corrected chi connectivity index (χ1v) is 31.3. The Morgan fingerprint density at radius 1 is 0.278 bits per heavy atom. The molecule has 1 unspecified atom stereocenters. The highest BCUT2D eigenvalue weighted by molar-refractivity contribution is 5.71. The summed E-state index contributed by atoms with van der Waals surface area (Å²) in [5.41, 5.74) is 0. The Morgan fingerprint density at radius 2 is 0.514 bits per heavy atom. The van der Waals surface area contributed by atoms with Crippen molar-refractivity contribution in [2.24, 2.45) is 0 Å². The van der Waals surface area contributed by atoms with Crippen molar-refractivity contribution in [1.82, 2.24) is 0 Å². The summed E-state index contributed by atoms with van der Waals surface area (Å²) in [5.74, 6) is -0.898. The van der Waals surface area contributed by atoms with Crippen LogP contribution in [0.5, 0.6) is 0 Å². The number of unbranched alkanes of at least 4 members (excludes halogenated alkanes) is 36. The van der Waals surface area contributed by atoms with Gasteiger partial charge >= 0.3 is 17.9 Å². The van der Waals surface area contributed by atoms with Gasteiger partial charge in [0.25, 0.3) is 0 Å². The van der Waals surface area contributed by atoms with Crippen molar-refractivity contribution in [2.75, 3.05) is 13.2 Å². The molecule has 0 amide bonds. The van der Waals surface area contributed by atoms with Crippen LogP contribution in [0.25, 0.3) is 0 Å². The fourth-order valence-electron chi connectivity index (χ4n) is 8.96. The average molecular weight is 1010 g/mol. The Bertz CT molecular complexity index is 1290. The maximum Gasteiger partial charge on any atom is 0.306 e. The molecule has 6 heteroatoms. The molecule has 0 spiro atoms. The van der Waals surface area contributed by atoms with Gasteiger partial charge in [-0.3, -0.25) is 14.4 Å². The number of rotatable bonds is 57. The molecular weight excluding hydrogens is 889 g/mol. The molecule has 0 saturated carbocycles. The molecular formula is C66H118O6. The number of hydrogen-bond acceptors (Lipinski definition) is 6. The molecule has 0 aromatic carbocycles. The number of hydrogen-bond donors (Lipinski definition) is 0. The largest absolute Gasteiger partial charge is 0.462 e. The standard InChI is InChI=1S/C66H118O6/c1-4-7-10-13-16-19-22-25-28-29-30-31-32-33-34-35-36-37-39-41-44-47-50-53-56-59-65(68)71-62-63(61-70-64(67)58-55-52-49-46-43-40-27-24-21-18-15-12-9-6-3)72-66(69)60-57-54-51-48-45-42-38-26-23-20-17-14-11-8-5-2/h15,17-18,20,24,26-27,29-30,38,63H,4-14,16,19,21-23,25,28,31-37,39-62H2,1-3H3/b18-15-,20-17-,27-24-,30-29-,38-26-. The molecule has 0 aliphatic rings. The van der Waals surface area contributed by atoms with Gasteiger partial charge in [-0.25, -0.2) is 0 Å². The van der Waals surface area contributed by atoms with E-state index >= 15 is 0 Å². The first-order valence-electron chi connectivity index (χ1n) is 31.3. The molecule has 72 heavy (non-hydrogen) atoms. The fourth-order valence-corrected chi connectivity index (χ4v) is 8.96. The maximum absolute atomic E-state index is 12.9. The Hall–Kier alpha value is -2.89. The Balaban J connectivity index is 4.28. The van der Waals surface area contributed by atoms with Gasteiger partial charge in [-0.1, -0.05) is 261 Å². The van der Waals surface area contributed by atoms with Crippen molar-refractivity contribution in [3.63, 3.8) is 0 Å². The van der Waals surface area contributed by atoms with Crippen LogP contribution >= 0.6 is 0 Å². The topological polar surface area (TPSA) is 78.9 Å². The number of carbonyl (C=O) groups is 3. The van der Waals surface area contributed by atoms with Crippen molar-refractivity contribution in [3.8, 4) is 0 Å². The minimum atomic E-state index is -0.787. The van der Waals surface area contributed by atoms with Gasteiger partial charge in [0.2, 0.25) is 0 Å². The molecule has 0 N–H and O–H groups in total. The maximum atomic E-state index is 12.9. The predicted molar refractivity (Wildman–Crippen MR) is 312 cm³/mol. The molecule has 418 valence electrons. The van der Waals surface area contributed by atoms with E-state index in [9.17, 15) is 14.4 Å². The summed E-state index contributed by atoms with van der Waals surface area (Å²) in [6.45, 7) is 6.58. The van der Waals surface area contributed by atoms with Crippen LogP contribution in [-0.2, 0) is 28.6 Å². The molecule has 0 aliphatic heterocycles. The Labute approximate surface area is 447 Å². The van der Waals surface area contributed by atoms with Gasteiger partial charge in [0.05, 0.1) is 0 Å². The number of allylic oxidation sites excluding steroid dienone is 10. The molecule has 0 fully saturated rings. The van der Waals surface area contributed by atoms with Gasteiger partial charge in [-0.05, 0) is 103 Å². The summed E-state index contributed by atoms with van der Waals surface area (Å²) in [5, 5.41) is 0. The summed E-state index contributed by atoms with van der Waals surface area (Å²) < 4.78 is 16.9. The molecule has 0 radical (unpaired) electrons. The lowest BCUT2D eigenvalue weighted by molar-refractivity contribution is -0.167. The first-order chi connectivity index (χ1) is 35.5. The first kappa shape index (κ1) is 69.1. The van der Waals surface area contributed by atoms with Crippen LogP contribution in [0.15, 0.2) is 60.8 Å². The van der Waals surface area contributed by atoms with Gasteiger partial charge in [-0.15, -0.1) is 0 Å². The third-order valence-corrected chi connectivity index (χ3v) is 13.7. The van der Waals surface area contributed by atoms with Gasteiger partial charge in [0.15, 0.2) is 6.10 Å². The Kier molecular flexibility index (Phi) is 58.2. The second kappa shape index (κ2) is 60.7. The van der Waals surface area contributed by atoms with E-state index in [1.807, 2.05) is 0 Å². The monoisotopic (exact) mass is 1010 g/mol. The molecule has 0 bridgehead atoms. The van der Waals surface area contributed by atoms with Crippen LogP contribution in [-0.4, -0.2) is 37.2 Å². The van der Waals surface area contributed by atoms with Crippen LogP contribution in [0.1, 0.15) is 323 Å². The van der Waals surface area contributed by atoms with Gasteiger partial charge in [0, 0.05) is 19.3 Å². The van der Waals surface area contributed by atoms with Crippen molar-refractivity contribution in [1.29, 1.82) is 0 Å². The molecule has 0 saturated heterocycles. The van der Waals surface area contributed by atoms with Crippen molar-refractivity contribution >= 4 is 17.9 Å². The van der Waals surface area contributed by atoms with E-state index in [1.165, 1.54) is 180 Å². The highest BCUT2D eigenvalue weighted by atomic mass is 16.6. The third-order valence-electron chi connectivity index (χ3n) is 13.7. The van der Waals surface area contributed by atoms with Crippen molar-refractivity contribution in [2.45, 2.75) is 329 Å². The number of ether oxygens (including phenoxy) is 3. The quantitative estimate of drug-likeness (QED) is 0.0261. The van der Waals surface area contributed by atoms with Crippen molar-refractivity contribution < 1.29 is 28.6 Å². The van der Waals surface area contributed by atoms with Crippen LogP contribution in [0.4, 0.5) is 0 Å². The van der Waals surface area contributed by atoms with E-state index in [2.05, 4.69) is 81.5 Å². The van der Waals surface area contributed by atoms with Gasteiger partial charge in [0.1, 0.15) is 13.2 Å². The molecule has 1 atom stereocenters. The molecule has 0 heterocycles. The van der Waals surface area contributed by atoms with E-state index in [0.29, 0.717) is 19.3 Å². The second-order valence-corrected chi connectivity index (χ2v) is 21.0. The summed E-state index contributed by atoms with van der Waals surface area (Å²) >= 11 is 0. The molecule has 0 aromatic heterocycles. The Morgan fingerprint density at radius 3 is 0.847 bits per heavy atom. The van der Waals surface area contributed by atoms with Gasteiger partial charge < -0.3 is 14.2 Å². The molecule has 0 aliphatic carbocycles. The lowest BCUT2D eigenvalue weighted by Crippen LogP contribution is -2.30. The van der Waals surface area contributed by atoms with E-state index in [1.54, 1.807) is 0 Å². The van der Waals surface area contributed by atoms with Gasteiger partial charge in [-0.2, -0.15) is 0 Å². The zero-order valence-corrected chi connectivity index (χ0v) is 47.9. The van der Waals surface area contributed by atoms with E-state index in [4.69, 9.17) is 14.2 Å². The minimum absolute atomic E-state index is 0.0829. The lowest BCUT2D eigenvalue weighted by atomic mass is 10.0. The normalized spacial score (nSPS) is 12.4. The smallest absolute Gasteiger partial charge is 0.306 e. The summed E-state index contributed by atoms with van der Waals surface area (Å²) in [4.78, 5) is 38.2. The highest BCUT2D eigenvalue weighted by Crippen LogP contribution is 2.16. The fraction of sp³-hybridized carbons (Fsp3) is 0.803. The summed E-state index contributed by atoms with van der Waals surface area (Å²) in [6, 6.07) is 0. The summed E-state index contributed by atoms with van der Waals surface area (Å²) in [7, 11) is 0.